The number of halogens is 1. The molecule has 1 saturated carbocycles. The van der Waals surface area contributed by atoms with E-state index in [4.69, 9.17) is 26.8 Å². The fraction of sp³-hybridized carbons (Fsp3) is 0.455. The van der Waals surface area contributed by atoms with Gasteiger partial charge in [0.25, 0.3) is 0 Å². The van der Waals surface area contributed by atoms with Gasteiger partial charge in [0.05, 0.1) is 6.61 Å². The molecular formula is C11H12ClNO2. The maximum atomic E-state index is 6.18. The minimum atomic E-state index is -0.216. The minimum Gasteiger partial charge on any atom is -0.467 e. The van der Waals surface area contributed by atoms with Crippen LogP contribution in [-0.2, 0) is 16.9 Å². The summed E-state index contributed by atoms with van der Waals surface area (Å²) in [5, 5.41) is 0.703. The Kier molecular flexibility index (Phi) is 1.96. The molecule has 4 heteroatoms. The molecule has 0 radical (unpaired) electrons. The second-order valence-corrected chi connectivity index (χ2v) is 4.64. The molecule has 0 aromatic heterocycles. The van der Waals surface area contributed by atoms with Crippen LogP contribution < -0.4 is 10.5 Å². The first-order valence-corrected chi connectivity index (χ1v) is 5.39. The van der Waals surface area contributed by atoms with Gasteiger partial charge in [-0.2, -0.15) is 0 Å². The Balaban J connectivity index is 2.15. The van der Waals surface area contributed by atoms with Gasteiger partial charge in [-0.15, -0.1) is 0 Å². The number of benzene rings is 1. The SMILES string of the molecule is NC1(c2cc(Cl)cc3c2OCOC3)CC1. The van der Waals surface area contributed by atoms with Crippen molar-refractivity contribution in [3.05, 3.63) is 28.3 Å². The topological polar surface area (TPSA) is 44.5 Å². The monoisotopic (exact) mass is 225 g/mol. The van der Waals surface area contributed by atoms with Crippen LogP contribution >= 0.6 is 11.6 Å². The van der Waals surface area contributed by atoms with Crippen LogP contribution in [0.5, 0.6) is 5.75 Å². The summed E-state index contributed by atoms with van der Waals surface area (Å²) in [6.45, 7) is 0.858. The summed E-state index contributed by atoms with van der Waals surface area (Å²) in [4.78, 5) is 0. The van der Waals surface area contributed by atoms with Crippen LogP contribution in [0.1, 0.15) is 24.0 Å². The molecule has 1 aliphatic heterocycles. The highest BCUT2D eigenvalue weighted by atomic mass is 35.5. The van der Waals surface area contributed by atoms with Crippen molar-refractivity contribution in [2.75, 3.05) is 6.79 Å². The van der Waals surface area contributed by atoms with Crippen molar-refractivity contribution in [3.63, 3.8) is 0 Å². The molecule has 1 fully saturated rings. The average Bonchev–Trinajstić information content (AvgIpc) is 2.96. The largest absolute Gasteiger partial charge is 0.467 e. The van der Waals surface area contributed by atoms with Crippen molar-refractivity contribution in [1.29, 1.82) is 0 Å². The second kappa shape index (κ2) is 3.11. The first-order valence-electron chi connectivity index (χ1n) is 5.01. The zero-order valence-corrected chi connectivity index (χ0v) is 9.01. The van der Waals surface area contributed by atoms with Gasteiger partial charge in [0, 0.05) is 21.7 Å². The van der Waals surface area contributed by atoms with E-state index in [-0.39, 0.29) is 5.54 Å². The number of rotatable bonds is 1. The molecule has 1 heterocycles. The zero-order chi connectivity index (χ0) is 10.5. The Morgan fingerprint density at radius 1 is 1.33 bits per heavy atom. The standard InChI is InChI=1S/C11H12ClNO2/c12-8-3-7-5-14-6-15-10(7)9(4-8)11(13)1-2-11/h3-4H,1-2,5-6,13H2. The van der Waals surface area contributed by atoms with Gasteiger partial charge in [-0.25, -0.2) is 0 Å². The first-order chi connectivity index (χ1) is 7.19. The van der Waals surface area contributed by atoms with Gasteiger partial charge >= 0.3 is 0 Å². The average molecular weight is 226 g/mol. The molecule has 0 spiro atoms. The molecule has 0 unspecified atom stereocenters. The molecule has 15 heavy (non-hydrogen) atoms. The van der Waals surface area contributed by atoms with E-state index in [1.54, 1.807) is 0 Å². The Morgan fingerprint density at radius 2 is 2.13 bits per heavy atom. The number of nitrogens with two attached hydrogens (primary N) is 1. The van der Waals surface area contributed by atoms with E-state index in [0.717, 1.165) is 29.7 Å². The summed E-state index contributed by atoms with van der Waals surface area (Å²) in [5.41, 5.74) is 8.00. The normalized spacial score (nSPS) is 21.7. The molecule has 2 N–H and O–H groups in total. The molecule has 0 saturated heterocycles. The Morgan fingerprint density at radius 3 is 2.87 bits per heavy atom. The molecule has 1 aromatic carbocycles. The fourth-order valence-electron chi connectivity index (χ4n) is 1.95. The van der Waals surface area contributed by atoms with E-state index in [1.807, 2.05) is 12.1 Å². The van der Waals surface area contributed by atoms with Crippen LogP contribution in [0.15, 0.2) is 12.1 Å². The van der Waals surface area contributed by atoms with Crippen molar-refractivity contribution in [3.8, 4) is 5.75 Å². The number of hydrogen-bond acceptors (Lipinski definition) is 3. The molecule has 3 rings (SSSR count). The highest BCUT2D eigenvalue weighted by Crippen LogP contribution is 2.49. The lowest BCUT2D eigenvalue weighted by Gasteiger charge is -2.23. The van der Waals surface area contributed by atoms with Crippen LogP contribution in [0.25, 0.3) is 0 Å². The number of fused-ring (bicyclic) bond motifs is 1. The minimum absolute atomic E-state index is 0.216. The van der Waals surface area contributed by atoms with E-state index in [9.17, 15) is 0 Å². The molecule has 0 bridgehead atoms. The quantitative estimate of drug-likeness (QED) is 0.797. The smallest absolute Gasteiger partial charge is 0.189 e. The van der Waals surface area contributed by atoms with Crippen LogP contribution in [0.4, 0.5) is 0 Å². The Bertz CT molecular complexity index is 415. The Labute approximate surface area is 93.1 Å². The van der Waals surface area contributed by atoms with E-state index < -0.39 is 0 Å². The molecule has 1 aliphatic carbocycles. The Hall–Kier alpha value is -0.770. The third-order valence-electron chi connectivity index (χ3n) is 3.00. The summed E-state index contributed by atoms with van der Waals surface area (Å²) >= 11 is 6.05. The summed E-state index contributed by atoms with van der Waals surface area (Å²) in [5.74, 6) is 0.880. The highest BCUT2D eigenvalue weighted by molar-refractivity contribution is 6.30. The van der Waals surface area contributed by atoms with E-state index >= 15 is 0 Å². The maximum absolute atomic E-state index is 6.18. The van der Waals surface area contributed by atoms with E-state index in [0.29, 0.717) is 18.4 Å². The van der Waals surface area contributed by atoms with Gasteiger partial charge in [-0.3, -0.25) is 0 Å². The maximum Gasteiger partial charge on any atom is 0.189 e. The second-order valence-electron chi connectivity index (χ2n) is 4.21. The fourth-order valence-corrected chi connectivity index (χ4v) is 2.19. The molecule has 0 amide bonds. The van der Waals surface area contributed by atoms with Gasteiger partial charge < -0.3 is 15.2 Å². The molecule has 1 aromatic rings. The van der Waals surface area contributed by atoms with Gasteiger partial charge in [0.15, 0.2) is 6.79 Å². The van der Waals surface area contributed by atoms with Crippen molar-refractivity contribution in [2.24, 2.45) is 5.73 Å². The molecule has 2 aliphatic rings. The lowest BCUT2D eigenvalue weighted by molar-refractivity contribution is -0.0173. The van der Waals surface area contributed by atoms with E-state index in [2.05, 4.69) is 0 Å². The summed E-state index contributed by atoms with van der Waals surface area (Å²) in [6.07, 6.45) is 2.01. The predicted molar refractivity (Wildman–Crippen MR) is 56.8 cm³/mol. The van der Waals surface area contributed by atoms with Crippen LogP contribution in [0.3, 0.4) is 0 Å². The molecule has 3 nitrogen and oxygen atoms in total. The van der Waals surface area contributed by atoms with Crippen LogP contribution in [0.2, 0.25) is 5.02 Å². The number of ether oxygens (including phenoxy) is 2. The molecule has 0 atom stereocenters. The summed E-state index contributed by atoms with van der Waals surface area (Å²) in [6, 6.07) is 3.80. The zero-order valence-electron chi connectivity index (χ0n) is 8.25. The third-order valence-corrected chi connectivity index (χ3v) is 3.22. The predicted octanol–water partition coefficient (Wildman–Crippen LogP) is 2.15. The lowest BCUT2D eigenvalue weighted by atomic mass is 10.0. The van der Waals surface area contributed by atoms with Gasteiger partial charge in [0.1, 0.15) is 5.75 Å². The van der Waals surface area contributed by atoms with Crippen molar-refractivity contribution in [2.45, 2.75) is 25.0 Å². The molecular weight excluding hydrogens is 214 g/mol. The van der Waals surface area contributed by atoms with Gasteiger partial charge in [0.2, 0.25) is 0 Å². The van der Waals surface area contributed by atoms with Crippen LogP contribution in [0, 0.1) is 0 Å². The van der Waals surface area contributed by atoms with Crippen molar-refractivity contribution >= 4 is 11.6 Å². The third kappa shape index (κ3) is 1.51. The number of hydrogen-bond donors (Lipinski definition) is 1. The lowest BCUT2D eigenvalue weighted by Crippen LogP contribution is -2.23. The molecule has 80 valence electrons. The highest BCUT2D eigenvalue weighted by Gasteiger charge is 2.43. The van der Waals surface area contributed by atoms with Crippen molar-refractivity contribution < 1.29 is 9.47 Å². The van der Waals surface area contributed by atoms with Gasteiger partial charge in [-0.1, -0.05) is 11.6 Å². The summed E-state index contributed by atoms with van der Waals surface area (Å²) in [7, 11) is 0. The van der Waals surface area contributed by atoms with E-state index in [1.165, 1.54) is 0 Å². The first kappa shape index (κ1) is 9.46. The van der Waals surface area contributed by atoms with Gasteiger partial charge in [-0.05, 0) is 25.0 Å². The van der Waals surface area contributed by atoms with Crippen LogP contribution in [-0.4, -0.2) is 6.79 Å². The van der Waals surface area contributed by atoms with Crippen molar-refractivity contribution in [1.82, 2.24) is 0 Å². The summed E-state index contributed by atoms with van der Waals surface area (Å²) < 4.78 is 10.7.